The molecule has 116 valence electrons. The molecule has 1 N–H and O–H groups in total. The molecule has 5 heteroatoms. The van der Waals surface area contributed by atoms with Gasteiger partial charge in [0.05, 0.1) is 13.2 Å². The fraction of sp³-hybridized carbons (Fsp3) is 0.562. The summed E-state index contributed by atoms with van der Waals surface area (Å²) in [5.74, 6) is 0.986. The minimum absolute atomic E-state index is 0.153. The molecular formula is C16H24N2O2S. The summed E-state index contributed by atoms with van der Waals surface area (Å²) < 4.78 is 5.31. The lowest BCUT2D eigenvalue weighted by molar-refractivity contribution is -0.120. The number of thioether (sulfide) groups is 1. The molecule has 1 fully saturated rings. The number of rotatable bonds is 8. The fourth-order valence-electron chi connectivity index (χ4n) is 2.22. The van der Waals surface area contributed by atoms with Crippen LogP contribution in [0.3, 0.4) is 0 Å². The van der Waals surface area contributed by atoms with Crippen LogP contribution in [0, 0.1) is 0 Å². The third kappa shape index (κ3) is 6.98. The topological polar surface area (TPSA) is 41.6 Å². The lowest BCUT2D eigenvalue weighted by Gasteiger charge is -2.26. The normalized spacial score (nSPS) is 15.8. The Labute approximate surface area is 131 Å². The van der Waals surface area contributed by atoms with E-state index in [-0.39, 0.29) is 5.91 Å². The molecule has 1 heterocycles. The van der Waals surface area contributed by atoms with E-state index in [1.165, 1.54) is 4.90 Å². The Bertz CT molecular complexity index is 408. The Morgan fingerprint density at radius 3 is 2.76 bits per heavy atom. The van der Waals surface area contributed by atoms with Crippen molar-refractivity contribution in [1.82, 2.24) is 10.2 Å². The Balaban J connectivity index is 1.47. The minimum atomic E-state index is 0.153. The second-order valence-electron chi connectivity index (χ2n) is 5.07. The number of carbonyl (C=O) groups excluding carboxylic acids is 1. The SMILES string of the molecule is O=C(CCSc1ccccc1)NCCCN1CCOCC1. The van der Waals surface area contributed by atoms with Crippen molar-refractivity contribution in [3.05, 3.63) is 30.3 Å². The van der Waals surface area contributed by atoms with Gasteiger partial charge in [-0.2, -0.15) is 0 Å². The highest BCUT2D eigenvalue weighted by Crippen LogP contribution is 2.17. The van der Waals surface area contributed by atoms with Gasteiger partial charge >= 0.3 is 0 Å². The average molecular weight is 308 g/mol. The molecule has 0 radical (unpaired) electrons. The second kappa shape index (κ2) is 9.82. The van der Waals surface area contributed by atoms with Crippen molar-refractivity contribution in [2.45, 2.75) is 17.7 Å². The Kier molecular flexibility index (Phi) is 7.63. The number of amides is 1. The van der Waals surface area contributed by atoms with Gasteiger partial charge < -0.3 is 10.1 Å². The maximum Gasteiger partial charge on any atom is 0.220 e. The van der Waals surface area contributed by atoms with Gasteiger partial charge in [-0.3, -0.25) is 9.69 Å². The van der Waals surface area contributed by atoms with Gasteiger partial charge in [0, 0.05) is 36.7 Å². The van der Waals surface area contributed by atoms with E-state index in [1.807, 2.05) is 18.2 Å². The molecule has 1 aromatic rings. The quantitative estimate of drug-likeness (QED) is 0.589. The van der Waals surface area contributed by atoms with Crippen LogP contribution in [0.5, 0.6) is 0 Å². The first-order valence-corrected chi connectivity index (χ1v) is 8.58. The lowest BCUT2D eigenvalue weighted by Crippen LogP contribution is -2.38. The van der Waals surface area contributed by atoms with Gasteiger partial charge in [0.15, 0.2) is 0 Å². The van der Waals surface area contributed by atoms with Crippen molar-refractivity contribution < 1.29 is 9.53 Å². The van der Waals surface area contributed by atoms with Crippen LogP contribution in [0.25, 0.3) is 0 Å². The maximum atomic E-state index is 11.7. The highest BCUT2D eigenvalue weighted by molar-refractivity contribution is 7.99. The van der Waals surface area contributed by atoms with Crippen LogP contribution in [0.1, 0.15) is 12.8 Å². The van der Waals surface area contributed by atoms with Crippen LogP contribution in [0.4, 0.5) is 0 Å². The molecule has 0 aliphatic carbocycles. The number of hydrogen-bond acceptors (Lipinski definition) is 4. The molecule has 0 atom stereocenters. The number of nitrogens with one attached hydrogen (secondary N) is 1. The standard InChI is InChI=1S/C16H24N2O2S/c19-16(7-14-21-15-5-2-1-3-6-15)17-8-4-9-18-10-12-20-13-11-18/h1-3,5-6H,4,7-14H2,(H,17,19). The molecule has 1 aliphatic heterocycles. The van der Waals surface area contributed by atoms with Gasteiger partial charge in [0.1, 0.15) is 0 Å². The molecule has 0 aromatic heterocycles. The van der Waals surface area contributed by atoms with Gasteiger partial charge in [-0.05, 0) is 25.1 Å². The fourth-order valence-corrected chi connectivity index (χ4v) is 3.09. The first kappa shape index (κ1) is 16.3. The van der Waals surface area contributed by atoms with Crippen molar-refractivity contribution in [3.8, 4) is 0 Å². The van der Waals surface area contributed by atoms with Crippen molar-refractivity contribution in [1.29, 1.82) is 0 Å². The largest absolute Gasteiger partial charge is 0.379 e. The monoisotopic (exact) mass is 308 g/mol. The molecule has 2 rings (SSSR count). The predicted molar refractivity (Wildman–Crippen MR) is 86.7 cm³/mol. The molecule has 1 aliphatic rings. The van der Waals surface area contributed by atoms with Gasteiger partial charge in [-0.25, -0.2) is 0 Å². The van der Waals surface area contributed by atoms with Crippen LogP contribution in [0.15, 0.2) is 35.2 Å². The molecule has 0 spiro atoms. The summed E-state index contributed by atoms with van der Waals surface area (Å²) in [6.45, 7) is 5.52. The van der Waals surface area contributed by atoms with E-state index in [0.717, 1.165) is 51.6 Å². The molecule has 21 heavy (non-hydrogen) atoms. The van der Waals surface area contributed by atoms with E-state index < -0.39 is 0 Å². The van der Waals surface area contributed by atoms with Gasteiger partial charge in [-0.1, -0.05) is 18.2 Å². The van der Waals surface area contributed by atoms with E-state index in [1.54, 1.807) is 11.8 Å². The Morgan fingerprint density at radius 1 is 1.24 bits per heavy atom. The highest BCUT2D eigenvalue weighted by atomic mass is 32.2. The highest BCUT2D eigenvalue weighted by Gasteiger charge is 2.09. The number of nitrogens with zero attached hydrogens (tertiary/aromatic N) is 1. The molecule has 0 saturated carbocycles. The number of carbonyl (C=O) groups is 1. The van der Waals surface area contributed by atoms with Crippen molar-refractivity contribution >= 4 is 17.7 Å². The molecule has 1 aromatic carbocycles. The summed E-state index contributed by atoms with van der Waals surface area (Å²) in [5, 5.41) is 3.00. The third-order valence-corrected chi connectivity index (χ3v) is 4.43. The minimum Gasteiger partial charge on any atom is -0.379 e. The van der Waals surface area contributed by atoms with Crippen molar-refractivity contribution in [3.63, 3.8) is 0 Å². The summed E-state index contributed by atoms with van der Waals surface area (Å²) in [6, 6.07) is 10.2. The average Bonchev–Trinajstić information content (AvgIpc) is 2.54. The van der Waals surface area contributed by atoms with E-state index >= 15 is 0 Å². The second-order valence-corrected chi connectivity index (χ2v) is 6.24. The number of hydrogen-bond donors (Lipinski definition) is 1. The van der Waals surface area contributed by atoms with E-state index in [0.29, 0.717) is 6.42 Å². The van der Waals surface area contributed by atoms with Crippen LogP contribution in [-0.2, 0) is 9.53 Å². The van der Waals surface area contributed by atoms with Gasteiger partial charge in [0.25, 0.3) is 0 Å². The molecule has 1 saturated heterocycles. The first-order valence-electron chi connectivity index (χ1n) is 7.59. The zero-order valence-electron chi connectivity index (χ0n) is 12.4. The lowest BCUT2D eigenvalue weighted by atomic mass is 10.3. The Morgan fingerprint density at radius 2 is 2.00 bits per heavy atom. The zero-order valence-corrected chi connectivity index (χ0v) is 13.2. The van der Waals surface area contributed by atoms with E-state index in [2.05, 4.69) is 22.3 Å². The first-order chi connectivity index (χ1) is 10.3. The van der Waals surface area contributed by atoms with E-state index in [9.17, 15) is 4.79 Å². The van der Waals surface area contributed by atoms with Gasteiger partial charge in [-0.15, -0.1) is 11.8 Å². The van der Waals surface area contributed by atoms with Gasteiger partial charge in [0.2, 0.25) is 5.91 Å². The van der Waals surface area contributed by atoms with Crippen LogP contribution in [0.2, 0.25) is 0 Å². The smallest absolute Gasteiger partial charge is 0.220 e. The van der Waals surface area contributed by atoms with E-state index in [4.69, 9.17) is 4.74 Å². The predicted octanol–water partition coefficient (Wildman–Crippen LogP) is 2.01. The van der Waals surface area contributed by atoms with Crippen molar-refractivity contribution in [2.24, 2.45) is 0 Å². The summed E-state index contributed by atoms with van der Waals surface area (Å²) in [4.78, 5) is 15.3. The molecule has 4 nitrogen and oxygen atoms in total. The van der Waals surface area contributed by atoms with Crippen LogP contribution in [-0.4, -0.2) is 56.0 Å². The number of benzene rings is 1. The zero-order chi connectivity index (χ0) is 14.8. The molecule has 0 bridgehead atoms. The summed E-state index contributed by atoms with van der Waals surface area (Å²) >= 11 is 1.73. The summed E-state index contributed by atoms with van der Waals surface area (Å²) in [5.41, 5.74) is 0. The Hall–Kier alpha value is -1.04. The molecule has 0 unspecified atom stereocenters. The maximum absolute atomic E-state index is 11.7. The number of ether oxygens (including phenoxy) is 1. The summed E-state index contributed by atoms with van der Waals surface area (Å²) in [7, 11) is 0. The van der Waals surface area contributed by atoms with Crippen LogP contribution < -0.4 is 5.32 Å². The van der Waals surface area contributed by atoms with Crippen LogP contribution >= 0.6 is 11.8 Å². The third-order valence-electron chi connectivity index (χ3n) is 3.42. The summed E-state index contributed by atoms with van der Waals surface area (Å²) in [6.07, 6.45) is 1.59. The number of morpholine rings is 1. The molecular weight excluding hydrogens is 284 g/mol. The van der Waals surface area contributed by atoms with Crippen molar-refractivity contribution in [2.75, 3.05) is 45.1 Å². The molecule has 1 amide bonds.